The maximum atomic E-state index is 2.42. The molecule has 0 heterocycles. The highest BCUT2D eigenvalue weighted by atomic mass is 14.2. The normalized spacial score (nSPS) is 25.5. The van der Waals surface area contributed by atoms with Crippen LogP contribution in [0.4, 0.5) is 0 Å². The number of unbranched alkanes of at least 4 members (excludes halogenated alkanes) is 5. The molecule has 0 bridgehead atoms. The fourth-order valence-electron chi connectivity index (χ4n) is 3.15. The van der Waals surface area contributed by atoms with Crippen LogP contribution in [-0.4, -0.2) is 0 Å². The van der Waals surface area contributed by atoms with Gasteiger partial charge in [-0.2, -0.15) is 0 Å². The van der Waals surface area contributed by atoms with Crippen molar-refractivity contribution >= 4 is 0 Å². The molecule has 1 aliphatic carbocycles. The number of hydrogen-bond acceptors (Lipinski definition) is 0. The molecule has 17 heavy (non-hydrogen) atoms. The summed E-state index contributed by atoms with van der Waals surface area (Å²) < 4.78 is 0. The van der Waals surface area contributed by atoms with Crippen LogP contribution in [-0.2, 0) is 0 Å². The Labute approximate surface area is 109 Å². The molecule has 0 nitrogen and oxygen atoms in total. The van der Waals surface area contributed by atoms with Gasteiger partial charge in [0.1, 0.15) is 0 Å². The largest absolute Gasteiger partial charge is 0.0914 e. The summed E-state index contributed by atoms with van der Waals surface area (Å²) in [5.74, 6) is 1.96. The second-order valence-electron chi connectivity index (χ2n) is 5.86. The van der Waals surface area contributed by atoms with Crippen molar-refractivity contribution < 1.29 is 0 Å². The average Bonchev–Trinajstić information content (AvgIpc) is 2.36. The van der Waals surface area contributed by atoms with Gasteiger partial charge in [-0.3, -0.25) is 0 Å². The highest BCUT2D eigenvalue weighted by Gasteiger charge is 2.18. The Morgan fingerprint density at radius 1 is 0.882 bits per heavy atom. The van der Waals surface area contributed by atoms with E-state index in [2.05, 4.69) is 26.0 Å². The van der Waals surface area contributed by atoms with E-state index >= 15 is 0 Å². The molecular weight excluding hydrogens is 204 g/mol. The van der Waals surface area contributed by atoms with Gasteiger partial charge >= 0.3 is 0 Å². The fourth-order valence-corrected chi connectivity index (χ4v) is 3.15. The Bertz CT molecular complexity index is 184. The molecule has 0 heteroatoms. The molecule has 0 unspecified atom stereocenters. The summed E-state index contributed by atoms with van der Waals surface area (Å²) in [5, 5.41) is 0. The van der Waals surface area contributed by atoms with E-state index in [0.717, 1.165) is 11.8 Å². The first-order valence-corrected chi connectivity index (χ1v) is 7.99. The van der Waals surface area contributed by atoms with Crippen LogP contribution in [0.25, 0.3) is 0 Å². The molecule has 0 aromatic heterocycles. The predicted molar refractivity (Wildman–Crippen MR) is 78.3 cm³/mol. The van der Waals surface area contributed by atoms with E-state index in [0.29, 0.717) is 0 Å². The van der Waals surface area contributed by atoms with E-state index in [4.69, 9.17) is 0 Å². The van der Waals surface area contributed by atoms with Crippen molar-refractivity contribution in [2.75, 3.05) is 0 Å². The van der Waals surface area contributed by atoms with Gasteiger partial charge in [0, 0.05) is 0 Å². The van der Waals surface area contributed by atoms with Crippen molar-refractivity contribution in [3.63, 3.8) is 0 Å². The number of allylic oxidation sites excluding steroid dienone is 2. The van der Waals surface area contributed by atoms with E-state index in [-0.39, 0.29) is 0 Å². The van der Waals surface area contributed by atoms with Crippen LogP contribution in [0.5, 0.6) is 0 Å². The first-order chi connectivity index (χ1) is 8.36. The maximum absolute atomic E-state index is 2.42. The highest BCUT2D eigenvalue weighted by Crippen LogP contribution is 2.32. The maximum Gasteiger partial charge on any atom is -0.0233 e. The lowest BCUT2D eigenvalue weighted by atomic mass is 9.79. The monoisotopic (exact) mass is 236 g/mol. The Morgan fingerprint density at radius 3 is 2.18 bits per heavy atom. The summed E-state index contributed by atoms with van der Waals surface area (Å²) in [7, 11) is 0. The molecule has 1 fully saturated rings. The molecule has 0 spiro atoms. The third-order valence-corrected chi connectivity index (χ3v) is 4.32. The second kappa shape index (κ2) is 9.74. The van der Waals surface area contributed by atoms with Crippen LogP contribution in [0, 0.1) is 11.8 Å². The molecule has 0 radical (unpaired) electrons. The number of hydrogen-bond donors (Lipinski definition) is 0. The van der Waals surface area contributed by atoms with Crippen LogP contribution in [0.3, 0.4) is 0 Å². The van der Waals surface area contributed by atoms with E-state index in [9.17, 15) is 0 Å². The van der Waals surface area contributed by atoms with Gasteiger partial charge in [-0.15, -0.1) is 0 Å². The molecule has 1 aliphatic rings. The van der Waals surface area contributed by atoms with Gasteiger partial charge < -0.3 is 0 Å². The van der Waals surface area contributed by atoms with Gasteiger partial charge in [0.2, 0.25) is 0 Å². The third-order valence-electron chi connectivity index (χ3n) is 4.32. The standard InChI is InChI=1S/C17H32/c1-3-5-6-7-8-9-11-17-14-12-16(10-4-2)13-15-17/h4,10,16-17H,3,5-9,11-15H2,1-2H3/b10-4+. The summed E-state index contributed by atoms with van der Waals surface area (Å²) in [6.07, 6.45) is 20.8. The zero-order valence-corrected chi connectivity index (χ0v) is 12.1. The van der Waals surface area contributed by atoms with Crippen molar-refractivity contribution in [1.29, 1.82) is 0 Å². The summed E-state index contributed by atoms with van der Waals surface area (Å²) in [4.78, 5) is 0. The van der Waals surface area contributed by atoms with Gasteiger partial charge in [0.05, 0.1) is 0 Å². The first kappa shape index (κ1) is 14.8. The molecule has 1 rings (SSSR count). The zero-order valence-electron chi connectivity index (χ0n) is 12.1. The Morgan fingerprint density at radius 2 is 1.53 bits per heavy atom. The Kier molecular flexibility index (Phi) is 8.48. The van der Waals surface area contributed by atoms with Crippen LogP contribution >= 0.6 is 0 Å². The molecule has 0 aromatic carbocycles. The van der Waals surface area contributed by atoms with E-state index in [1.165, 1.54) is 70.6 Å². The smallest absolute Gasteiger partial charge is 0.0233 e. The van der Waals surface area contributed by atoms with E-state index in [1.54, 1.807) is 0 Å². The molecule has 100 valence electrons. The fraction of sp³-hybridized carbons (Fsp3) is 0.882. The van der Waals surface area contributed by atoms with Crippen LogP contribution in [0.15, 0.2) is 12.2 Å². The van der Waals surface area contributed by atoms with Crippen molar-refractivity contribution in [2.24, 2.45) is 11.8 Å². The lowest BCUT2D eigenvalue weighted by Gasteiger charge is -2.26. The molecule has 0 saturated heterocycles. The minimum absolute atomic E-state index is 0.904. The van der Waals surface area contributed by atoms with Gasteiger partial charge in [-0.1, -0.05) is 64.0 Å². The molecular formula is C17H32. The third kappa shape index (κ3) is 6.91. The number of rotatable bonds is 8. The summed E-state index contributed by atoms with van der Waals surface area (Å²) in [6.45, 7) is 4.45. The zero-order chi connectivity index (χ0) is 12.3. The molecule has 0 N–H and O–H groups in total. The topological polar surface area (TPSA) is 0 Å². The van der Waals surface area contributed by atoms with Gasteiger partial charge in [-0.25, -0.2) is 0 Å². The summed E-state index contributed by atoms with van der Waals surface area (Å²) in [5.41, 5.74) is 0. The Hall–Kier alpha value is -0.260. The quantitative estimate of drug-likeness (QED) is 0.352. The Balaban J connectivity index is 1.95. The van der Waals surface area contributed by atoms with Crippen LogP contribution in [0.1, 0.15) is 84.5 Å². The van der Waals surface area contributed by atoms with Gasteiger partial charge in [0.15, 0.2) is 0 Å². The van der Waals surface area contributed by atoms with Crippen molar-refractivity contribution in [1.82, 2.24) is 0 Å². The van der Waals surface area contributed by atoms with E-state index in [1.807, 2.05) is 0 Å². The molecule has 1 saturated carbocycles. The van der Waals surface area contributed by atoms with Gasteiger partial charge in [0.25, 0.3) is 0 Å². The van der Waals surface area contributed by atoms with Gasteiger partial charge in [-0.05, 0) is 44.4 Å². The van der Waals surface area contributed by atoms with Crippen LogP contribution < -0.4 is 0 Å². The molecule has 0 aliphatic heterocycles. The minimum atomic E-state index is 0.904. The lowest BCUT2D eigenvalue weighted by Crippen LogP contribution is -2.12. The highest BCUT2D eigenvalue weighted by molar-refractivity contribution is 4.88. The van der Waals surface area contributed by atoms with E-state index < -0.39 is 0 Å². The second-order valence-corrected chi connectivity index (χ2v) is 5.86. The molecule has 0 aromatic rings. The molecule has 0 amide bonds. The van der Waals surface area contributed by atoms with Crippen molar-refractivity contribution in [3.8, 4) is 0 Å². The van der Waals surface area contributed by atoms with Crippen molar-refractivity contribution in [2.45, 2.75) is 84.5 Å². The molecule has 0 atom stereocenters. The summed E-state index contributed by atoms with van der Waals surface area (Å²) >= 11 is 0. The average molecular weight is 236 g/mol. The van der Waals surface area contributed by atoms with Crippen LogP contribution in [0.2, 0.25) is 0 Å². The minimum Gasteiger partial charge on any atom is -0.0914 e. The van der Waals surface area contributed by atoms with Crippen molar-refractivity contribution in [3.05, 3.63) is 12.2 Å². The lowest BCUT2D eigenvalue weighted by molar-refractivity contribution is 0.288. The SMILES string of the molecule is C/C=C/C1CCC(CCCCCCCC)CC1. The first-order valence-electron chi connectivity index (χ1n) is 7.99. The summed E-state index contributed by atoms with van der Waals surface area (Å²) in [6, 6.07) is 0. The predicted octanol–water partition coefficient (Wildman–Crippen LogP) is 6.12.